The summed E-state index contributed by atoms with van der Waals surface area (Å²) in [4.78, 5) is 1.24. The second-order valence-corrected chi connectivity index (χ2v) is 6.83. The third-order valence-corrected chi connectivity index (χ3v) is 4.66. The second kappa shape index (κ2) is 8.20. The maximum Gasteiger partial charge on any atom is 0.0631 e. The van der Waals surface area contributed by atoms with Gasteiger partial charge in [0.25, 0.3) is 0 Å². The third kappa shape index (κ3) is 5.31. The van der Waals surface area contributed by atoms with Crippen molar-refractivity contribution in [2.24, 2.45) is 0 Å². The standard InChI is InChI=1S/C14H22BrNOS/c1-4-7-16-9-12-5-6-13(15)8-14(12)18-11(3)10(2)17/h5-6,8,10-11,16-17H,4,7,9H2,1-3H3. The topological polar surface area (TPSA) is 32.3 Å². The van der Waals surface area contributed by atoms with Crippen molar-refractivity contribution in [1.29, 1.82) is 0 Å². The molecule has 0 amide bonds. The minimum absolute atomic E-state index is 0.198. The molecule has 0 spiro atoms. The van der Waals surface area contributed by atoms with E-state index in [2.05, 4.69) is 53.3 Å². The first-order chi connectivity index (χ1) is 8.54. The smallest absolute Gasteiger partial charge is 0.0631 e. The van der Waals surface area contributed by atoms with Crippen LogP contribution in [0.3, 0.4) is 0 Å². The Bertz CT molecular complexity index is 371. The minimum atomic E-state index is -0.301. The van der Waals surface area contributed by atoms with Crippen LogP contribution in [-0.4, -0.2) is 23.0 Å². The van der Waals surface area contributed by atoms with E-state index >= 15 is 0 Å². The van der Waals surface area contributed by atoms with Crippen LogP contribution in [0.2, 0.25) is 0 Å². The molecule has 0 saturated heterocycles. The predicted octanol–water partition coefficient (Wildman–Crippen LogP) is 3.81. The van der Waals surface area contributed by atoms with Gasteiger partial charge in [-0.2, -0.15) is 0 Å². The van der Waals surface area contributed by atoms with Crippen molar-refractivity contribution >= 4 is 27.7 Å². The predicted molar refractivity (Wildman–Crippen MR) is 83.1 cm³/mol. The van der Waals surface area contributed by atoms with Crippen LogP contribution in [0.25, 0.3) is 0 Å². The maximum atomic E-state index is 9.61. The molecule has 0 radical (unpaired) electrons. The normalized spacial score (nSPS) is 14.5. The van der Waals surface area contributed by atoms with Gasteiger partial charge in [0.1, 0.15) is 0 Å². The lowest BCUT2D eigenvalue weighted by atomic mass is 10.2. The molecule has 1 aromatic carbocycles. The van der Waals surface area contributed by atoms with E-state index in [0.717, 1.165) is 24.0 Å². The van der Waals surface area contributed by atoms with Crippen molar-refractivity contribution in [2.45, 2.75) is 50.0 Å². The number of halogens is 1. The Hall–Kier alpha value is -0.0300. The molecule has 0 bridgehead atoms. The average molecular weight is 332 g/mol. The van der Waals surface area contributed by atoms with Crippen molar-refractivity contribution in [3.8, 4) is 0 Å². The Morgan fingerprint density at radius 1 is 1.39 bits per heavy atom. The van der Waals surface area contributed by atoms with Gasteiger partial charge in [-0.25, -0.2) is 0 Å². The quantitative estimate of drug-likeness (QED) is 0.588. The largest absolute Gasteiger partial charge is 0.392 e. The summed E-state index contributed by atoms with van der Waals surface area (Å²) < 4.78 is 1.09. The molecule has 0 heterocycles. The Morgan fingerprint density at radius 2 is 2.11 bits per heavy atom. The van der Waals surface area contributed by atoms with Crippen LogP contribution in [0.1, 0.15) is 32.8 Å². The average Bonchev–Trinajstić information content (AvgIpc) is 2.32. The van der Waals surface area contributed by atoms with Gasteiger partial charge in [-0.3, -0.25) is 0 Å². The van der Waals surface area contributed by atoms with E-state index in [1.165, 1.54) is 10.5 Å². The highest BCUT2D eigenvalue weighted by Gasteiger charge is 2.13. The molecule has 4 heteroatoms. The summed E-state index contributed by atoms with van der Waals surface area (Å²) in [6.45, 7) is 7.98. The van der Waals surface area contributed by atoms with Gasteiger partial charge in [-0.15, -0.1) is 11.8 Å². The molecular weight excluding hydrogens is 310 g/mol. The van der Waals surface area contributed by atoms with E-state index in [-0.39, 0.29) is 11.4 Å². The first-order valence-corrected chi connectivity index (χ1v) is 8.05. The van der Waals surface area contributed by atoms with Crippen molar-refractivity contribution < 1.29 is 5.11 Å². The third-order valence-electron chi connectivity index (χ3n) is 2.76. The van der Waals surface area contributed by atoms with Gasteiger partial charge >= 0.3 is 0 Å². The lowest BCUT2D eigenvalue weighted by Gasteiger charge is -2.17. The Balaban J connectivity index is 2.76. The molecule has 0 aromatic heterocycles. The number of thioether (sulfide) groups is 1. The summed E-state index contributed by atoms with van der Waals surface area (Å²) in [5.74, 6) is 0. The molecule has 0 aliphatic carbocycles. The van der Waals surface area contributed by atoms with Crippen LogP contribution in [0, 0.1) is 0 Å². The number of hydrogen-bond donors (Lipinski definition) is 2. The maximum absolute atomic E-state index is 9.61. The zero-order valence-corrected chi connectivity index (χ0v) is 13.6. The minimum Gasteiger partial charge on any atom is -0.392 e. The number of hydrogen-bond acceptors (Lipinski definition) is 3. The van der Waals surface area contributed by atoms with Gasteiger partial charge in [0.2, 0.25) is 0 Å². The summed E-state index contributed by atoms with van der Waals surface area (Å²) >= 11 is 5.24. The Kier molecular flexibility index (Phi) is 7.30. The SMILES string of the molecule is CCCNCc1ccc(Br)cc1SC(C)C(C)O. The Morgan fingerprint density at radius 3 is 2.72 bits per heavy atom. The zero-order chi connectivity index (χ0) is 13.5. The van der Waals surface area contributed by atoms with E-state index in [4.69, 9.17) is 0 Å². The van der Waals surface area contributed by atoms with Gasteiger partial charge in [0.05, 0.1) is 6.10 Å². The van der Waals surface area contributed by atoms with Gasteiger partial charge in [-0.1, -0.05) is 35.8 Å². The van der Waals surface area contributed by atoms with Crippen molar-refractivity contribution in [2.75, 3.05) is 6.54 Å². The van der Waals surface area contributed by atoms with Gasteiger partial charge in [-0.05, 0) is 37.6 Å². The fraction of sp³-hybridized carbons (Fsp3) is 0.571. The zero-order valence-electron chi connectivity index (χ0n) is 11.2. The van der Waals surface area contributed by atoms with Crippen LogP contribution in [0.4, 0.5) is 0 Å². The fourth-order valence-corrected chi connectivity index (χ4v) is 3.08. The molecule has 1 rings (SSSR count). The fourth-order valence-electron chi connectivity index (χ4n) is 1.48. The van der Waals surface area contributed by atoms with Crippen LogP contribution < -0.4 is 5.32 Å². The molecule has 0 aliphatic heterocycles. The van der Waals surface area contributed by atoms with Gasteiger partial charge < -0.3 is 10.4 Å². The summed E-state index contributed by atoms with van der Waals surface area (Å²) in [6, 6.07) is 6.34. The van der Waals surface area contributed by atoms with Crippen molar-refractivity contribution in [3.05, 3.63) is 28.2 Å². The van der Waals surface area contributed by atoms with E-state index in [1.807, 2.05) is 6.92 Å². The van der Waals surface area contributed by atoms with Crippen molar-refractivity contribution in [1.82, 2.24) is 5.32 Å². The summed E-state index contributed by atoms with van der Waals surface area (Å²) in [7, 11) is 0. The number of benzene rings is 1. The number of aliphatic hydroxyl groups excluding tert-OH is 1. The molecule has 2 N–H and O–H groups in total. The molecule has 0 aliphatic rings. The molecule has 2 nitrogen and oxygen atoms in total. The summed E-state index contributed by atoms with van der Waals surface area (Å²) in [6.07, 6.45) is 0.841. The molecule has 102 valence electrons. The van der Waals surface area contributed by atoms with Crippen LogP contribution in [0.5, 0.6) is 0 Å². The number of nitrogens with one attached hydrogen (secondary N) is 1. The lowest BCUT2D eigenvalue weighted by molar-refractivity contribution is 0.196. The van der Waals surface area contributed by atoms with Gasteiger partial charge in [0.15, 0.2) is 0 Å². The summed E-state index contributed by atoms with van der Waals surface area (Å²) in [5.41, 5.74) is 1.30. The monoisotopic (exact) mass is 331 g/mol. The lowest BCUT2D eigenvalue weighted by Crippen LogP contribution is -2.17. The van der Waals surface area contributed by atoms with E-state index in [0.29, 0.717) is 0 Å². The molecular formula is C14H22BrNOS. The van der Waals surface area contributed by atoms with E-state index < -0.39 is 0 Å². The number of aliphatic hydroxyl groups is 1. The van der Waals surface area contributed by atoms with E-state index in [1.54, 1.807) is 11.8 Å². The highest BCUT2D eigenvalue weighted by atomic mass is 79.9. The molecule has 1 aromatic rings. The molecule has 0 saturated carbocycles. The Labute approximate surface area is 123 Å². The number of rotatable bonds is 7. The highest BCUT2D eigenvalue weighted by molar-refractivity contribution is 9.10. The molecule has 18 heavy (non-hydrogen) atoms. The first kappa shape index (κ1) is 16.0. The molecule has 2 unspecified atom stereocenters. The first-order valence-electron chi connectivity index (χ1n) is 6.38. The van der Waals surface area contributed by atoms with Crippen LogP contribution >= 0.6 is 27.7 Å². The molecule has 2 atom stereocenters. The van der Waals surface area contributed by atoms with Crippen LogP contribution in [0.15, 0.2) is 27.6 Å². The van der Waals surface area contributed by atoms with Crippen LogP contribution in [-0.2, 0) is 6.54 Å². The summed E-state index contributed by atoms with van der Waals surface area (Å²) in [5, 5.41) is 13.2. The highest BCUT2D eigenvalue weighted by Crippen LogP contribution is 2.31. The van der Waals surface area contributed by atoms with E-state index in [9.17, 15) is 5.11 Å². The van der Waals surface area contributed by atoms with Crippen molar-refractivity contribution in [3.63, 3.8) is 0 Å². The molecule has 0 fully saturated rings. The second-order valence-electron chi connectivity index (χ2n) is 4.49. The van der Waals surface area contributed by atoms with Gasteiger partial charge in [0, 0.05) is 21.2 Å².